The number of nitrogens with zero attached hydrogens (tertiary/aromatic N) is 5. The lowest BCUT2D eigenvalue weighted by Gasteiger charge is -2.40. The Morgan fingerprint density at radius 3 is 2.91 bits per heavy atom. The van der Waals surface area contributed by atoms with E-state index in [1.165, 1.54) is 13.0 Å². The molecule has 3 N–H and O–H groups in total. The Morgan fingerprint density at radius 1 is 1.25 bits per heavy atom. The summed E-state index contributed by atoms with van der Waals surface area (Å²) in [7, 11) is 0. The summed E-state index contributed by atoms with van der Waals surface area (Å²) in [4.78, 5) is 17.7. The first-order valence-corrected chi connectivity index (χ1v) is 15.5. The Kier molecular flexibility index (Phi) is 6.55. The van der Waals surface area contributed by atoms with Crippen LogP contribution in [0.5, 0.6) is 11.8 Å². The molecular formula is C30H32ClF4N7O2. The molecule has 234 valence electrons. The second-order valence-electron chi connectivity index (χ2n) is 12.8. The number of nitrogen functional groups attached to an aromatic ring is 1. The largest absolute Gasteiger partial charge is 0.489 e. The molecule has 4 fully saturated rings. The number of aromatic nitrogens is 3. The first kappa shape index (κ1) is 28.3. The highest BCUT2D eigenvalue weighted by atomic mass is 35.5. The molecule has 14 heteroatoms. The lowest BCUT2D eigenvalue weighted by molar-refractivity contribution is 0.107. The van der Waals surface area contributed by atoms with Crippen LogP contribution < -0.4 is 25.4 Å². The number of alkyl halides is 3. The van der Waals surface area contributed by atoms with E-state index in [1.807, 2.05) is 0 Å². The minimum Gasteiger partial charge on any atom is -0.489 e. The van der Waals surface area contributed by atoms with Gasteiger partial charge in [-0.25, -0.2) is 22.5 Å². The van der Waals surface area contributed by atoms with Crippen LogP contribution in [0, 0.1) is 12.7 Å². The van der Waals surface area contributed by atoms with Crippen LogP contribution in [-0.4, -0.2) is 82.5 Å². The Bertz CT molecular complexity index is 1680. The molecule has 5 atom stereocenters. The highest BCUT2D eigenvalue weighted by Gasteiger charge is 2.50. The average molecular weight is 634 g/mol. The summed E-state index contributed by atoms with van der Waals surface area (Å²) < 4.78 is 72.6. The number of hydrogen-bond donors (Lipinski definition) is 2. The average Bonchev–Trinajstić information content (AvgIpc) is 3.59. The zero-order chi connectivity index (χ0) is 30.5. The van der Waals surface area contributed by atoms with Crippen molar-refractivity contribution in [2.24, 2.45) is 0 Å². The lowest BCUT2D eigenvalue weighted by atomic mass is 9.95. The minimum atomic E-state index is -2.97. The highest BCUT2D eigenvalue weighted by Crippen LogP contribution is 2.50. The molecule has 7 heterocycles. The zero-order valence-electron chi connectivity index (χ0n) is 24.1. The third kappa shape index (κ3) is 4.22. The summed E-state index contributed by atoms with van der Waals surface area (Å²) in [5.74, 6) is -0.496. The molecule has 1 aromatic carbocycles. The number of halogens is 5. The van der Waals surface area contributed by atoms with Crippen molar-refractivity contribution in [3.8, 4) is 23.0 Å². The number of benzene rings is 1. The van der Waals surface area contributed by atoms with Gasteiger partial charge in [0, 0.05) is 37.2 Å². The number of ether oxygens (including phenoxy) is 2. The molecule has 0 radical (unpaired) electrons. The van der Waals surface area contributed by atoms with E-state index in [0.29, 0.717) is 25.3 Å². The third-order valence-electron chi connectivity index (χ3n) is 10.1. The number of nitrogens with one attached hydrogen (secondary N) is 1. The van der Waals surface area contributed by atoms with Crippen LogP contribution in [-0.2, 0) is 0 Å². The molecule has 5 aliphatic rings. The van der Waals surface area contributed by atoms with Crippen LogP contribution >= 0.6 is 11.6 Å². The van der Waals surface area contributed by atoms with Crippen molar-refractivity contribution in [2.75, 3.05) is 43.5 Å². The van der Waals surface area contributed by atoms with E-state index in [2.05, 4.69) is 25.1 Å². The van der Waals surface area contributed by atoms with Gasteiger partial charge in [-0.15, -0.1) is 0 Å². The Morgan fingerprint density at radius 2 is 2.09 bits per heavy atom. The van der Waals surface area contributed by atoms with Crippen LogP contribution in [0.4, 0.5) is 29.2 Å². The second kappa shape index (κ2) is 10.2. The van der Waals surface area contributed by atoms with Crippen molar-refractivity contribution in [3.05, 3.63) is 28.0 Å². The van der Waals surface area contributed by atoms with Crippen LogP contribution in [0.3, 0.4) is 0 Å². The van der Waals surface area contributed by atoms with Crippen molar-refractivity contribution < 1.29 is 27.0 Å². The maximum atomic E-state index is 16.9. The molecule has 2 bridgehead atoms. The van der Waals surface area contributed by atoms with E-state index < -0.39 is 29.5 Å². The molecule has 0 aliphatic carbocycles. The van der Waals surface area contributed by atoms with Gasteiger partial charge in [0.05, 0.1) is 33.2 Å². The quantitative estimate of drug-likeness (QED) is 0.377. The normalized spacial score (nSPS) is 29.2. The number of piperazine rings is 1. The Hall–Kier alpha value is -3.16. The van der Waals surface area contributed by atoms with Gasteiger partial charge < -0.3 is 25.4 Å². The minimum absolute atomic E-state index is 0.0565. The van der Waals surface area contributed by atoms with E-state index in [4.69, 9.17) is 31.8 Å². The number of aryl methyl sites for hydroxylation is 1. The van der Waals surface area contributed by atoms with Gasteiger partial charge >= 0.3 is 6.01 Å². The van der Waals surface area contributed by atoms with Crippen molar-refractivity contribution in [1.29, 1.82) is 0 Å². The van der Waals surface area contributed by atoms with E-state index in [1.54, 1.807) is 0 Å². The Labute approximate surface area is 256 Å². The molecule has 4 saturated heterocycles. The fourth-order valence-corrected chi connectivity index (χ4v) is 8.50. The number of nitrogens with two attached hydrogens (primary N) is 1. The topological polar surface area (TPSA) is 102 Å². The number of fused-ring (bicyclic) bond motifs is 6. The standard InChI is InChI=1S/C30H32ClF4N7O2/c1-13-7-18(36)38-24(19(13)27(34)35)20-22(31)26-21-25(23(20)33)39-29(44-12-30-5-2-6-41(30)9-14(32)8-30)40-28(21)42-10-15-3-4-16(37-15)17(42)11-43-26/h7,14-17,27,37H,2-6,8-12H2,1H3,(H2,36,38)/t14-,15-,16+,17-,30+/m1/s1. The highest BCUT2D eigenvalue weighted by molar-refractivity contribution is 6.36. The van der Waals surface area contributed by atoms with Crippen molar-refractivity contribution in [2.45, 2.75) is 75.3 Å². The van der Waals surface area contributed by atoms with Gasteiger partial charge in [-0.05, 0) is 50.8 Å². The van der Waals surface area contributed by atoms with Crippen LogP contribution in [0.2, 0.25) is 5.02 Å². The Balaban J connectivity index is 1.33. The molecule has 0 unspecified atom stereocenters. The van der Waals surface area contributed by atoms with Gasteiger partial charge in [-0.2, -0.15) is 9.97 Å². The summed E-state index contributed by atoms with van der Waals surface area (Å²) in [5, 5.41) is 3.67. The SMILES string of the molecule is Cc1cc(N)nc(-c2c(Cl)c3c4c(nc(OC[C@@]56CCCN5C[C@H](F)C6)nc4c2F)N2C[C@H]4CC[C@H](N4)[C@H]2CO3)c1C(F)F. The molecule has 5 aliphatic heterocycles. The van der Waals surface area contributed by atoms with Crippen molar-refractivity contribution in [3.63, 3.8) is 0 Å². The maximum Gasteiger partial charge on any atom is 0.319 e. The van der Waals surface area contributed by atoms with Gasteiger partial charge in [0.15, 0.2) is 11.6 Å². The van der Waals surface area contributed by atoms with E-state index in [0.717, 1.165) is 32.2 Å². The second-order valence-corrected chi connectivity index (χ2v) is 13.1. The summed E-state index contributed by atoms with van der Waals surface area (Å²) in [5.41, 5.74) is 4.24. The summed E-state index contributed by atoms with van der Waals surface area (Å²) in [6.45, 7) is 3.56. The maximum absolute atomic E-state index is 16.9. The van der Waals surface area contributed by atoms with Crippen molar-refractivity contribution >= 4 is 34.1 Å². The molecule has 2 aromatic heterocycles. The summed E-state index contributed by atoms with van der Waals surface area (Å²) >= 11 is 6.87. The first-order chi connectivity index (χ1) is 21.1. The molecule has 3 aromatic rings. The molecule has 9 nitrogen and oxygen atoms in total. The number of anilines is 2. The van der Waals surface area contributed by atoms with Gasteiger partial charge in [0.25, 0.3) is 6.43 Å². The molecule has 0 spiro atoms. The van der Waals surface area contributed by atoms with Gasteiger partial charge in [-0.3, -0.25) is 4.90 Å². The fourth-order valence-electron chi connectivity index (χ4n) is 8.18. The van der Waals surface area contributed by atoms with E-state index in [9.17, 15) is 13.2 Å². The monoisotopic (exact) mass is 633 g/mol. The van der Waals surface area contributed by atoms with E-state index >= 15 is 4.39 Å². The molecular weight excluding hydrogens is 602 g/mol. The molecule has 44 heavy (non-hydrogen) atoms. The van der Waals surface area contributed by atoms with Crippen LogP contribution in [0.15, 0.2) is 6.07 Å². The summed E-state index contributed by atoms with van der Waals surface area (Å²) in [6.07, 6.45) is 0.0535. The van der Waals surface area contributed by atoms with Crippen molar-refractivity contribution in [1.82, 2.24) is 25.2 Å². The molecule has 0 saturated carbocycles. The lowest BCUT2D eigenvalue weighted by Crippen LogP contribution is -2.60. The zero-order valence-corrected chi connectivity index (χ0v) is 24.8. The molecule has 8 rings (SSSR count). The molecule has 0 amide bonds. The summed E-state index contributed by atoms with van der Waals surface area (Å²) in [6, 6.07) is 1.41. The number of rotatable bonds is 5. The van der Waals surface area contributed by atoms with Gasteiger partial charge in [0.1, 0.15) is 36.5 Å². The van der Waals surface area contributed by atoms with Gasteiger partial charge in [0.2, 0.25) is 0 Å². The van der Waals surface area contributed by atoms with Crippen LogP contribution in [0.1, 0.15) is 49.7 Å². The third-order valence-corrected chi connectivity index (χ3v) is 10.5. The first-order valence-electron chi connectivity index (χ1n) is 15.1. The van der Waals surface area contributed by atoms with Gasteiger partial charge in [-0.1, -0.05) is 11.6 Å². The fraction of sp³-hybridized carbons (Fsp3) is 0.567. The number of pyridine rings is 1. The van der Waals surface area contributed by atoms with E-state index in [-0.39, 0.29) is 81.7 Å². The van der Waals surface area contributed by atoms with Crippen LogP contribution in [0.25, 0.3) is 22.2 Å². The number of hydrogen-bond acceptors (Lipinski definition) is 9. The predicted molar refractivity (Wildman–Crippen MR) is 157 cm³/mol. The smallest absolute Gasteiger partial charge is 0.319 e. The predicted octanol–water partition coefficient (Wildman–Crippen LogP) is 4.97.